The third-order valence-corrected chi connectivity index (χ3v) is 5.88. The highest BCUT2D eigenvalue weighted by Crippen LogP contribution is 2.32. The number of hydrogen-bond acceptors (Lipinski definition) is 4. The van der Waals surface area contributed by atoms with Crippen molar-refractivity contribution in [3.05, 3.63) is 83.1 Å². The molecule has 2 aromatic carbocycles. The van der Waals surface area contributed by atoms with Crippen LogP contribution in [0.1, 0.15) is 37.2 Å². The van der Waals surface area contributed by atoms with Gasteiger partial charge in [-0.1, -0.05) is 30.3 Å². The average Bonchev–Trinajstić information content (AvgIpc) is 3.50. The summed E-state index contributed by atoms with van der Waals surface area (Å²) in [5, 5.41) is 5.55. The van der Waals surface area contributed by atoms with E-state index >= 15 is 0 Å². The highest BCUT2D eigenvalue weighted by molar-refractivity contribution is 6.05. The number of benzene rings is 2. The van der Waals surface area contributed by atoms with Crippen LogP contribution in [0.25, 0.3) is 21.9 Å². The van der Waals surface area contributed by atoms with E-state index in [1.807, 2.05) is 30.3 Å². The van der Waals surface area contributed by atoms with Gasteiger partial charge < -0.3 is 9.73 Å². The average molecular weight is 399 g/mol. The summed E-state index contributed by atoms with van der Waals surface area (Å²) in [6.45, 7) is 6.33. The smallest absolute Gasteiger partial charge is 0.277 e. The van der Waals surface area contributed by atoms with Crippen LogP contribution in [0.3, 0.4) is 0 Å². The van der Waals surface area contributed by atoms with E-state index in [-0.39, 0.29) is 11.6 Å². The molecule has 5 nitrogen and oxygen atoms in total. The lowest BCUT2D eigenvalue weighted by Crippen LogP contribution is -2.28. The van der Waals surface area contributed by atoms with Crippen molar-refractivity contribution in [3.8, 4) is 0 Å². The van der Waals surface area contributed by atoms with E-state index in [2.05, 4.69) is 35.9 Å². The highest BCUT2D eigenvalue weighted by Gasteiger charge is 2.24. The maximum atomic E-state index is 13.1. The predicted octanol–water partition coefficient (Wildman–Crippen LogP) is 5.45. The number of aromatic nitrogens is 2. The first-order valence-corrected chi connectivity index (χ1v) is 10.5. The van der Waals surface area contributed by atoms with E-state index < -0.39 is 0 Å². The normalized spacial score (nSPS) is 14.8. The van der Waals surface area contributed by atoms with E-state index in [1.165, 1.54) is 12.8 Å². The summed E-state index contributed by atoms with van der Waals surface area (Å²) in [7, 11) is 0. The summed E-state index contributed by atoms with van der Waals surface area (Å²) in [6, 6.07) is 14.2. The zero-order valence-electron chi connectivity index (χ0n) is 17.1. The van der Waals surface area contributed by atoms with Crippen molar-refractivity contribution in [2.45, 2.75) is 38.8 Å². The van der Waals surface area contributed by atoms with Crippen molar-refractivity contribution in [1.82, 2.24) is 9.55 Å². The van der Waals surface area contributed by atoms with E-state index in [0.29, 0.717) is 18.2 Å². The van der Waals surface area contributed by atoms with Crippen molar-refractivity contribution >= 4 is 27.6 Å². The number of allylic oxidation sites excluding steroid dienone is 1. The van der Waals surface area contributed by atoms with Gasteiger partial charge in [0.15, 0.2) is 0 Å². The molecule has 0 radical (unpaired) electrons. The van der Waals surface area contributed by atoms with Gasteiger partial charge >= 0.3 is 0 Å². The summed E-state index contributed by atoms with van der Waals surface area (Å²) >= 11 is 0. The molecule has 2 heterocycles. The largest absolute Gasteiger partial charge is 0.456 e. The summed E-state index contributed by atoms with van der Waals surface area (Å²) in [6.07, 6.45) is 6.76. The molecule has 1 saturated carbocycles. The number of nitrogens with one attached hydrogen (secondary N) is 1. The molecule has 1 aliphatic carbocycles. The van der Waals surface area contributed by atoms with E-state index in [9.17, 15) is 4.79 Å². The minimum atomic E-state index is -0.0518. The Morgan fingerprint density at radius 2 is 2.03 bits per heavy atom. The molecule has 1 aliphatic rings. The van der Waals surface area contributed by atoms with Gasteiger partial charge in [-0.3, -0.25) is 9.36 Å². The summed E-state index contributed by atoms with van der Waals surface area (Å²) in [5.74, 6) is 1.52. The molecule has 0 bridgehead atoms. The standard InChI is InChI=1S/C25H25N3O2/c1-3-12-28-24(13-17-8-9-17)26-15-21(25(28)29)27-16(2)18-10-11-23-20(14-18)19-6-4-5-7-22(19)30-23/h3-7,10-11,14-17,27H,1,8-9,12-13H2,2H3. The van der Waals surface area contributed by atoms with Crippen LogP contribution in [0.4, 0.5) is 5.69 Å². The highest BCUT2D eigenvalue weighted by atomic mass is 16.3. The Bertz CT molecular complexity index is 1300. The van der Waals surface area contributed by atoms with Gasteiger partial charge in [-0.15, -0.1) is 6.58 Å². The van der Waals surface area contributed by atoms with Crippen LogP contribution in [0.5, 0.6) is 0 Å². The predicted molar refractivity (Wildman–Crippen MR) is 121 cm³/mol. The van der Waals surface area contributed by atoms with Crippen LogP contribution in [0, 0.1) is 5.92 Å². The van der Waals surface area contributed by atoms with Crippen molar-refractivity contribution < 1.29 is 4.42 Å². The second-order valence-electron chi connectivity index (χ2n) is 8.16. The molecule has 1 fully saturated rings. The quantitative estimate of drug-likeness (QED) is 0.420. The van der Waals surface area contributed by atoms with Crippen LogP contribution in [-0.2, 0) is 13.0 Å². The van der Waals surface area contributed by atoms with E-state index in [0.717, 1.165) is 39.7 Å². The van der Waals surface area contributed by atoms with Gasteiger partial charge in [-0.25, -0.2) is 4.98 Å². The third kappa shape index (κ3) is 3.41. The summed E-state index contributed by atoms with van der Waals surface area (Å²) in [4.78, 5) is 17.7. The topological polar surface area (TPSA) is 60.1 Å². The fourth-order valence-electron chi connectivity index (χ4n) is 4.02. The van der Waals surface area contributed by atoms with Gasteiger partial charge in [0.25, 0.3) is 5.56 Å². The minimum absolute atomic E-state index is 0.0396. The number of anilines is 1. The van der Waals surface area contributed by atoms with Crippen molar-refractivity contribution in [2.24, 2.45) is 5.92 Å². The molecular formula is C25H25N3O2. The molecule has 1 unspecified atom stereocenters. The number of hydrogen-bond donors (Lipinski definition) is 1. The van der Waals surface area contributed by atoms with Gasteiger partial charge in [0.2, 0.25) is 0 Å². The van der Waals surface area contributed by atoms with Crippen molar-refractivity contribution in [2.75, 3.05) is 5.32 Å². The van der Waals surface area contributed by atoms with Gasteiger partial charge in [-0.2, -0.15) is 0 Å². The molecule has 1 atom stereocenters. The number of nitrogens with zero attached hydrogens (tertiary/aromatic N) is 2. The number of fused-ring (bicyclic) bond motifs is 3. The molecule has 4 aromatic rings. The molecule has 2 aromatic heterocycles. The number of rotatable bonds is 7. The van der Waals surface area contributed by atoms with Crippen molar-refractivity contribution in [1.29, 1.82) is 0 Å². The molecule has 5 heteroatoms. The monoisotopic (exact) mass is 399 g/mol. The van der Waals surface area contributed by atoms with Crippen molar-refractivity contribution in [3.63, 3.8) is 0 Å². The van der Waals surface area contributed by atoms with E-state index in [1.54, 1.807) is 16.8 Å². The fraction of sp³-hybridized carbons (Fsp3) is 0.280. The van der Waals surface area contributed by atoms with Gasteiger partial charge in [0.1, 0.15) is 22.7 Å². The molecule has 30 heavy (non-hydrogen) atoms. The minimum Gasteiger partial charge on any atom is -0.456 e. The first-order valence-electron chi connectivity index (χ1n) is 10.5. The zero-order valence-corrected chi connectivity index (χ0v) is 17.1. The lowest BCUT2D eigenvalue weighted by Gasteiger charge is -2.17. The number of furan rings is 1. The molecular weight excluding hydrogens is 374 g/mol. The first kappa shape index (κ1) is 18.7. The van der Waals surface area contributed by atoms with Crippen LogP contribution >= 0.6 is 0 Å². The lowest BCUT2D eigenvalue weighted by molar-refractivity contribution is 0.643. The second kappa shape index (κ2) is 7.48. The van der Waals surface area contributed by atoms with Crippen LogP contribution in [0.2, 0.25) is 0 Å². The summed E-state index contributed by atoms with van der Waals surface area (Å²) < 4.78 is 7.67. The molecule has 0 aliphatic heterocycles. The lowest BCUT2D eigenvalue weighted by atomic mass is 10.0. The SMILES string of the molecule is C=CCn1c(CC2CC2)ncc(NC(C)c2ccc3oc4ccccc4c3c2)c1=O. The molecule has 0 amide bonds. The Balaban J connectivity index is 1.46. The van der Waals surface area contributed by atoms with Crippen LogP contribution < -0.4 is 10.9 Å². The molecule has 1 N–H and O–H groups in total. The Kier molecular flexibility index (Phi) is 4.66. The Morgan fingerprint density at radius 3 is 2.83 bits per heavy atom. The molecule has 152 valence electrons. The summed E-state index contributed by atoms with van der Waals surface area (Å²) in [5.41, 5.74) is 3.31. The first-order chi connectivity index (χ1) is 14.6. The third-order valence-electron chi connectivity index (χ3n) is 5.88. The Morgan fingerprint density at radius 1 is 1.23 bits per heavy atom. The van der Waals surface area contributed by atoms with Crippen LogP contribution in [-0.4, -0.2) is 9.55 Å². The van der Waals surface area contributed by atoms with Gasteiger partial charge in [0, 0.05) is 29.8 Å². The molecule has 0 saturated heterocycles. The fourth-order valence-corrected chi connectivity index (χ4v) is 4.02. The maximum absolute atomic E-state index is 13.1. The molecule has 5 rings (SSSR count). The second-order valence-corrected chi connectivity index (χ2v) is 8.16. The van der Waals surface area contributed by atoms with Gasteiger partial charge in [-0.05, 0) is 49.4 Å². The van der Waals surface area contributed by atoms with E-state index in [4.69, 9.17) is 4.42 Å². The molecule has 0 spiro atoms. The maximum Gasteiger partial charge on any atom is 0.277 e. The van der Waals surface area contributed by atoms with Gasteiger partial charge in [0.05, 0.1) is 6.20 Å². The Labute approximate surface area is 175 Å². The van der Waals surface area contributed by atoms with Crippen LogP contribution in [0.15, 0.2) is 70.5 Å². The number of para-hydroxylation sites is 1. The zero-order chi connectivity index (χ0) is 20.7. The Hall–Kier alpha value is -3.34.